The number of rotatable bonds is 9. The minimum Gasteiger partial charge on any atom is -0.502 e. The second kappa shape index (κ2) is 11.3. The van der Waals surface area contributed by atoms with Gasteiger partial charge in [0.25, 0.3) is 11.5 Å². The second-order valence-electron chi connectivity index (χ2n) is 7.61. The SMILES string of the molecule is COC(=O)c1ccc(OCCCNC(=O)c2cc(-c3cc(F)cc(CF)c3)n(C)c(=O)c2O)cc1. The number of hydrogen-bond acceptors (Lipinski definition) is 6. The number of methoxy groups -OCH3 is 1. The normalized spacial score (nSPS) is 10.6. The van der Waals surface area contributed by atoms with Crippen LogP contribution in [0.1, 0.15) is 32.7 Å². The number of nitrogens with zero attached hydrogens (tertiary/aromatic N) is 1. The summed E-state index contributed by atoms with van der Waals surface area (Å²) in [6, 6.07) is 11.1. The number of halogens is 2. The molecule has 10 heteroatoms. The van der Waals surface area contributed by atoms with Gasteiger partial charge in [-0.1, -0.05) is 0 Å². The first-order valence-corrected chi connectivity index (χ1v) is 10.6. The van der Waals surface area contributed by atoms with Gasteiger partial charge >= 0.3 is 5.97 Å². The van der Waals surface area contributed by atoms with Crippen molar-refractivity contribution in [1.29, 1.82) is 0 Å². The minimum atomic E-state index is -0.901. The van der Waals surface area contributed by atoms with Crippen LogP contribution >= 0.6 is 0 Å². The molecule has 3 aromatic rings. The number of carbonyl (C=O) groups excluding carboxylic acids is 2. The molecule has 0 fully saturated rings. The Hall–Kier alpha value is -4.21. The molecule has 0 aliphatic heterocycles. The number of carbonyl (C=O) groups is 2. The van der Waals surface area contributed by atoms with E-state index < -0.39 is 35.7 Å². The van der Waals surface area contributed by atoms with E-state index in [1.165, 1.54) is 26.3 Å². The number of esters is 1. The first-order valence-electron chi connectivity index (χ1n) is 10.6. The van der Waals surface area contributed by atoms with Crippen LogP contribution in [0, 0.1) is 5.82 Å². The number of nitrogens with one attached hydrogen (secondary N) is 1. The number of benzene rings is 2. The van der Waals surface area contributed by atoms with Gasteiger partial charge in [0.15, 0.2) is 5.75 Å². The van der Waals surface area contributed by atoms with Gasteiger partial charge < -0.3 is 24.5 Å². The Morgan fingerprint density at radius 1 is 1.11 bits per heavy atom. The molecule has 0 radical (unpaired) electrons. The molecule has 1 heterocycles. The van der Waals surface area contributed by atoms with Gasteiger partial charge in [-0.15, -0.1) is 0 Å². The topological polar surface area (TPSA) is 107 Å². The molecule has 0 aliphatic carbocycles. The zero-order valence-electron chi connectivity index (χ0n) is 19.1. The molecule has 184 valence electrons. The maximum absolute atomic E-state index is 13.9. The monoisotopic (exact) mass is 486 g/mol. The van der Waals surface area contributed by atoms with Crippen molar-refractivity contribution in [2.24, 2.45) is 7.05 Å². The number of alkyl halides is 1. The number of aromatic hydroxyl groups is 1. The highest BCUT2D eigenvalue weighted by Crippen LogP contribution is 2.25. The largest absolute Gasteiger partial charge is 0.502 e. The van der Waals surface area contributed by atoms with Crippen LogP contribution in [0.3, 0.4) is 0 Å². The van der Waals surface area contributed by atoms with E-state index in [0.717, 1.165) is 16.7 Å². The number of amides is 1. The lowest BCUT2D eigenvalue weighted by atomic mass is 10.0. The zero-order chi connectivity index (χ0) is 25.5. The van der Waals surface area contributed by atoms with Crippen molar-refractivity contribution in [1.82, 2.24) is 9.88 Å². The molecule has 35 heavy (non-hydrogen) atoms. The Morgan fingerprint density at radius 3 is 2.49 bits per heavy atom. The van der Waals surface area contributed by atoms with Gasteiger partial charge in [-0.25, -0.2) is 13.6 Å². The Kier molecular flexibility index (Phi) is 8.19. The zero-order valence-corrected chi connectivity index (χ0v) is 19.1. The van der Waals surface area contributed by atoms with Crippen LogP contribution in [0.5, 0.6) is 11.5 Å². The molecule has 1 amide bonds. The second-order valence-corrected chi connectivity index (χ2v) is 7.61. The molecule has 2 aromatic carbocycles. The molecule has 0 saturated carbocycles. The molecule has 0 atom stereocenters. The maximum atomic E-state index is 13.9. The first-order chi connectivity index (χ1) is 16.7. The lowest BCUT2D eigenvalue weighted by Gasteiger charge is -2.14. The third-order valence-corrected chi connectivity index (χ3v) is 5.21. The summed E-state index contributed by atoms with van der Waals surface area (Å²) in [6.07, 6.45) is 0.409. The van der Waals surface area contributed by atoms with Crippen LogP contribution in [0.25, 0.3) is 11.3 Å². The summed E-state index contributed by atoms with van der Waals surface area (Å²) in [6.45, 7) is -0.475. The quantitative estimate of drug-likeness (QED) is 0.355. The number of pyridine rings is 1. The highest BCUT2D eigenvalue weighted by Gasteiger charge is 2.19. The summed E-state index contributed by atoms with van der Waals surface area (Å²) >= 11 is 0. The van der Waals surface area contributed by atoms with Crippen molar-refractivity contribution in [3.63, 3.8) is 0 Å². The van der Waals surface area contributed by atoms with Crippen LogP contribution in [0.15, 0.2) is 53.3 Å². The van der Waals surface area contributed by atoms with Crippen LogP contribution in [0.4, 0.5) is 8.78 Å². The van der Waals surface area contributed by atoms with Gasteiger partial charge in [-0.3, -0.25) is 9.59 Å². The highest BCUT2D eigenvalue weighted by molar-refractivity contribution is 5.97. The van der Waals surface area contributed by atoms with Crippen molar-refractivity contribution in [2.45, 2.75) is 13.1 Å². The molecular formula is C25H24F2N2O6. The van der Waals surface area contributed by atoms with Gasteiger partial charge in [-0.2, -0.15) is 0 Å². The Labute approximate surface area is 199 Å². The number of hydrogen-bond donors (Lipinski definition) is 2. The Bertz CT molecular complexity index is 1290. The summed E-state index contributed by atoms with van der Waals surface area (Å²) in [7, 11) is 2.65. The van der Waals surface area contributed by atoms with E-state index in [1.807, 2.05) is 0 Å². The predicted molar refractivity (Wildman–Crippen MR) is 124 cm³/mol. The third kappa shape index (κ3) is 6.03. The summed E-state index contributed by atoms with van der Waals surface area (Å²) in [4.78, 5) is 36.5. The molecular weight excluding hydrogens is 462 g/mol. The van der Waals surface area contributed by atoms with Crippen LogP contribution in [0.2, 0.25) is 0 Å². The van der Waals surface area contributed by atoms with E-state index in [4.69, 9.17) is 4.74 Å². The van der Waals surface area contributed by atoms with Gasteiger partial charge in [-0.05, 0) is 60.5 Å². The fourth-order valence-corrected chi connectivity index (χ4v) is 3.38. The first kappa shape index (κ1) is 25.4. The van der Waals surface area contributed by atoms with Gasteiger partial charge in [0.1, 0.15) is 18.2 Å². The summed E-state index contributed by atoms with van der Waals surface area (Å²) in [5, 5.41) is 12.8. The van der Waals surface area contributed by atoms with Crippen LogP contribution in [-0.2, 0) is 18.5 Å². The van der Waals surface area contributed by atoms with E-state index >= 15 is 0 Å². The molecule has 8 nitrogen and oxygen atoms in total. The fraction of sp³-hybridized carbons (Fsp3) is 0.240. The van der Waals surface area contributed by atoms with E-state index in [9.17, 15) is 28.3 Å². The van der Waals surface area contributed by atoms with E-state index in [1.54, 1.807) is 24.3 Å². The molecule has 3 rings (SSSR count). The number of aromatic nitrogens is 1. The van der Waals surface area contributed by atoms with Crippen molar-refractivity contribution < 1.29 is 33.0 Å². The van der Waals surface area contributed by atoms with Gasteiger partial charge in [0.05, 0.1) is 30.5 Å². The lowest BCUT2D eigenvalue weighted by molar-refractivity contribution is 0.0600. The molecule has 0 bridgehead atoms. The molecule has 2 N–H and O–H groups in total. The Balaban J connectivity index is 1.65. The maximum Gasteiger partial charge on any atom is 0.337 e. The van der Waals surface area contributed by atoms with Crippen molar-refractivity contribution >= 4 is 11.9 Å². The standard InChI is InChI=1S/C25H24F2N2O6/c1-29-21(17-10-15(14-26)11-18(27)12-17)13-20(22(30)24(29)32)23(31)28-8-3-9-35-19-6-4-16(5-7-19)25(33)34-2/h4-7,10-13,30H,3,8-9,14H2,1-2H3,(H,28,31). The van der Waals surface area contributed by atoms with E-state index in [2.05, 4.69) is 10.1 Å². The molecule has 0 unspecified atom stereocenters. The van der Waals surface area contributed by atoms with Crippen LogP contribution < -0.4 is 15.6 Å². The van der Waals surface area contributed by atoms with Gasteiger partial charge in [0.2, 0.25) is 0 Å². The minimum absolute atomic E-state index is 0.0754. The average Bonchev–Trinajstić information content (AvgIpc) is 2.86. The van der Waals surface area contributed by atoms with Crippen LogP contribution in [-0.4, -0.2) is 41.8 Å². The molecule has 0 spiro atoms. The van der Waals surface area contributed by atoms with Crippen molar-refractivity contribution in [2.75, 3.05) is 20.3 Å². The van der Waals surface area contributed by atoms with Crippen molar-refractivity contribution in [3.05, 3.63) is 81.4 Å². The summed E-state index contributed by atoms with van der Waals surface area (Å²) in [5.74, 6) is -2.08. The lowest BCUT2D eigenvalue weighted by Crippen LogP contribution is -2.29. The molecule has 0 aliphatic rings. The summed E-state index contributed by atoms with van der Waals surface area (Å²) in [5.41, 5.74) is -0.333. The molecule has 0 saturated heterocycles. The smallest absolute Gasteiger partial charge is 0.337 e. The van der Waals surface area contributed by atoms with Gasteiger partial charge in [0, 0.05) is 19.2 Å². The Morgan fingerprint density at radius 2 is 1.83 bits per heavy atom. The third-order valence-electron chi connectivity index (χ3n) is 5.21. The molecule has 1 aromatic heterocycles. The predicted octanol–water partition coefficient (Wildman–Crippen LogP) is 3.35. The highest BCUT2D eigenvalue weighted by atomic mass is 19.1. The van der Waals surface area contributed by atoms with E-state index in [-0.39, 0.29) is 35.5 Å². The summed E-state index contributed by atoms with van der Waals surface area (Å²) < 4.78 is 38.2. The average molecular weight is 486 g/mol. The number of ether oxygens (including phenoxy) is 2. The van der Waals surface area contributed by atoms with Crippen molar-refractivity contribution in [3.8, 4) is 22.8 Å². The van der Waals surface area contributed by atoms with E-state index in [0.29, 0.717) is 17.7 Å². The fourth-order valence-electron chi connectivity index (χ4n) is 3.38.